The largest absolute Gasteiger partial charge is 0.494 e. The topological polar surface area (TPSA) is 84.3 Å². The van der Waals surface area contributed by atoms with Crippen LogP contribution in [0.3, 0.4) is 0 Å². The van der Waals surface area contributed by atoms with E-state index in [-0.39, 0.29) is 23.1 Å². The lowest BCUT2D eigenvalue weighted by atomic mass is 9.93. The first-order valence-electron chi connectivity index (χ1n) is 6.00. The zero-order valence-corrected chi connectivity index (χ0v) is 10.8. The number of nitrogens with zero attached hydrogens (tertiary/aromatic N) is 1. The molecule has 6 nitrogen and oxygen atoms in total. The molecular formula is C12H18N2O4. The van der Waals surface area contributed by atoms with Crippen molar-refractivity contribution in [3.05, 3.63) is 26.4 Å². The van der Waals surface area contributed by atoms with Gasteiger partial charge in [0.2, 0.25) is 5.88 Å². The summed E-state index contributed by atoms with van der Waals surface area (Å²) in [5.74, 6) is -0.244. The van der Waals surface area contributed by atoms with Gasteiger partial charge in [-0.1, -0.05) is 0 Å². The highest BCUT2D eigenvalue weighted by Gasteiger charge is 2.32. The van der Waals surface area contributed by atoms with Gasteiger partial charge in [0.25, 0.3) is 5.56 Å². The van der Waals surface area contributed by atoms with Crippen molar-refractivity contribution in [1.29, 1.82) is 0 Å². The number of rotatable bonds is 1. The van der Waals surface area contributed by atoms with E-state index >= 15 is 0 Å². The van der Waals surface area contributed by atoms with E-state index in [4.69, 9.17) is 4.74 Å². The lowest BCUT2D eigenvalue weighted by molar-refractivity contribution is -0.0705. The molecule has 6 heteroatoms. The molecule has 1 fully saturated rings. The summed E-state index contributed by atoms with van der Waals surface area (Å²) in [5, 5.41) is 9.98. The first-order valence-corrected chi connectivity index (χ1v) is 6.00. The molecular weight excluding hydrogens is 236 g/mol. The maximum Gasteiger partial charge on any atom is 0.331 e. The van der Waals surface area contributed by atoms with Crippen LogP contribution in [0.5, 0.6) is 5.88 Å². The van der Waals surface area contributed by atoms with E-state index in [0.717, 1.165) is 0 Å². The molecule has 0 aromatic carbocycles. The van der Waals surface area contributed by atoms with Crippen molar-refractivity contribution in [2.75, 3.05) is 6.61 Å². The van der Waals surface area contributed by atoms with Gasteiger partial charge in [-0.25, -0.2) is 4.79 Å². The average molecular weight is 254 g/mol. The summed E-state index contributed by atoms with van der Waals surface area (Å²) >= 11 is 0. The van der Waals surface area contributed by atoms with Gasteiger partial charge in [-0.15, -0.1) is 0 Å². The normalized spacial score (nSPS) is 22.9. The van der Waals surface area contributed by atoms with E-state index < -0.39 is 11.2 Å². The number of aromatic nitrogens is 2. The predicted octanol–water partition coefficient (Wildman–Crippen LogP) is 0.681. The van der Waals surface area contributed by atoms with Crippen molar-refractivity contribution in [3.8, 4) is 5.88 Å². The molecule has 1 aliphatic heterocycles. The van der Waals surface area contributed by atoms with Crippen LogP contribution in [-0.4, -0.2) is 26.9 Å². The summed E-state index contributed by atoms with van der Waals surface area (Å²) in [6.45, 7) is 5.91. The van der Waals surface area contributed by atoms with Crippen LogP contribution in [0.1, 0.15) is 38.3 Å². The number of hydrogen-bond donors (Lipinski definition) is 2. The van der Waals surface area contributed by atoms with Crippen LogP contribution in [0.15, 0.2) is 9.59 Å². The van der Waals surface area contributed by atoms with Crippen LogP contribution in [-0.2, 0) is 4.74 Å². The van der Waals surface area contributed by atoms with Gasteiger partial charge in [0.1, 0.15) is 0 Å². The van der Waals surface area contributed by atoms with Crippen molar-refractivity contribution >= 4 is 0 Å². The Morgan fingerprint density at radius 1 is 1.44 bits per heavy atom. The molecule has 0 amide bonds. The molecule has 2 heterocycles. The summed E-state index contributed by atoms with van der Waals surface area (Å²) in [6.07, 6.45) is 1.26. The second kappa shape index (κ2) is 4.28. The Balaban J connectivity index is 2.49. The van der Waals surface area contributed by atoms with Gasteiger partial charge in [0, 0.05) is 12.6 Å². The highest BCUT2D eigenvalue weighted by atomic mass is 16.5. The molecule has 0 saturated carbocycles. The Labute approximate surface area is 104 Å². The fourth-order valence-electron chi connectivity index (χ4n) is 2.39. The third-order valence-corrected chi connectivity index (χ3v) is 3.38. The van der Waals surface area contributed by atoms with Crippen molar-refractivity contribution in [2.45, 2.75) is 45.3 Å². The zero-order chi connectivity index (χ0) is 13.5. The summed E-state index contributed by atoms with van der Waals surface area (Å²) in [4.78, 5) is 25.4. The second-order valence-electron chi connectivity index (χ2n) is 5.33. The van der Waals surface area contributed by atoms with Crippen LogP contribution < -0.4 is 11.2 Å². The molecule has 2 rings (SSSR count). The molecule has 1 aromatic heterocycles. The number of ether oxygens (including phenoxy) is 1. The Morgan fingerprint density at radius 3 is 2.72 bits per heavy atom. The van der Waals surface area contributed by atoms with Crippen LogP contribution in [0.4, 0.5) is 0 Å². The predicted molar refractivity (Wildman–Crippen MR) is 66.0 cm³/mol. The van der Waals surface area contributed by atoms with Gasteiger partial charge in [-0.3, -0.25) is 14.3 Å². The Kier molecular flexibility index (Phi) is 3.06. The first kappa shape index (κ1) is 12.9. The maximum absolute atomic E-state index is 11.8. The minimum absolute atomic E-state index is 0.156. The van der Waals surface area contributed by atoms with Crippen LogP contribution in [0, 0.1) is 6.92 Å². The number of aromatic hydroxyl groups is 1. The average Bonchev–Trinajstić information content (AvgIpc) is 2.25. The van der Waals surface area contributed by atoms with Crippen LogP contribution in [0.25, 0.3) is 0 Å². The molecule has 2 N–H and O–H groups in total. The monoisotopic (exact) mass is 254 g/mol. The number of aromatic amines is 1. The van der Waals surface area contributed by atoms with Gasteiger partial charge in [0.15, 0.2) is 0 Å². The summed E-state index contributed by atoms with van der Waals surface area (Å²) < 4.78 is 6.85. The fourth-order valence-corrected chi connectivity index (χ4v) is 2.39. The molecule has 0 bridgehead atoms. The Hall–Kier alpha value is -1.56. The molecule has 1 aromatic rings. The quantitative estimate of drug-likeness (QED) is 0.772. The minimum Gasteiger partial charge on any atom is -0.494 e. The molecule has 18 heavy (non-hydrogen) atoms. The lowest BCUT2D eigenvalue weighted by Crippen LogP contribution is -2.40. The second-order valence-corrected chi connectivity index (χ2v) is 5.33. The van der Waals surface area contributed by atoms with Crippen molar-refractivity contribution in [2.24, 2.45) is 0 Å². The number of H-pyrrole nitrogens is 1. The van der Waals surface area contributed by atoms with E-state index in [9.17, 15) is 14.7 Å². The van der Waals surface area contributed by atoms with E-state index in [1.165, 1.54) is 11.5 Å². The molecule has 100 valence electrons. The molecule has 0 spiro atoms. The standard InChI is InChI=1S/C12H18N2O4/c1-7-9(15)13-11(17)14(10(7)16)8-4-5-18-12(2,3)6-8/h8,16H,4-6H2,1-3H3,(H,13,15,17). The summed E-state index contributed by atoms with van der Waals surface area (Å²) in [7, 11) is 0. The van der Waals surface area contributed by atoms with Crippen LogP contribution in [0.2, 0.25) is 0 Å². The van der Waals surface area contributed by atoms with E-state index in [1.54, 1.807) is 0 Å². The van der Waals surface area contributed by atoms with Crippen LogP contribution >= 0.6 is 0 Å². The van der Waals surface area contributed by atoms with Crippen molar-refractivity contribution < 1.29 is 9.84 Å². The Morgan fingerprint density at radius 2 is 2.11 bits per heavy atom. The first-order chi connectivity index (χ1) is 8.32. The molecule has 0 radical (unpaired) electrons. The molecule has 1 atom stereocenters. The maximum atomic E-state index is 11.8. The van der Waals surface area contributed by atoms with Gasteiger partial charge in [0.05, 0.1) is 11.2 Å². The number of nitrogens with one attached hydrogen (secondary N) is 1. The summed E-state index contributed by atoms with van der Waals surface area (Å²) in [5.41, 5.74) is -1.27. The van der Waals surface area contributed by atoms with Gasteiger partial charge < -0.3 is 9.84 Å². The lowest BCUT2D eigenvalue weighted by Gasteiger charge is -2.36. The number of hydrogen-bond acceptors (Lipinski definition) is 4. The third kappa shape index (κ3) is 2.20. The summed E-state index contributed by atoms with van der Waals surface area (Å²) in [6, 6.07) is -0.156. The van der Waals surface area contributed by atoms with Gasteiger partial charge in [-0.2, -0.15) is 0 Å². The molecule has 1 unspecified atom stereocenters. The highest BCUT2D eigenvalue weighted by molar-refractivity contribution is 5.21. The smallest absolute Gasteiger partial charge is 0.331 e. The van der Waals surface area contributed by atoms with Gasteiger partial charge >= 0.3 is 5.69 Å². The fraction of sp³-hybridized carbons (Fsp3) is 0.667. The van der Waals surface area contributed by atoms with Crippen molar-refractivity contribution in [3.63, 3.8) is 0 Å². The molecule has 1 saturated heterocycles. The third-order valence-electron chi connectivity index (χ3n) is 3.38. The highest BCUT2D eigenvalue weighted by Crippen LogP contribution is 2.33. The molecule has 1 aliphatic rings. The van der Waals surface area contributed by atoms with E-state index in [1.807, 2.05) is 13.8 Å². The van der Waals surface area contributed by atoms with Gasteiger partial charge in [-0.05, 0) is 33.6 Å². The molecule has 0 aliphatic carbocycles. The van der Waals surface area contributed by atoms with E-state index in [0.29, 0.717) is 19.4 Å². The van der Waals surface area contributed by atoms with E-state index in [2.05, 4.69) is 4.98 Å². The minimum atomic E-state index is -0.564. The zero-order valence-electron chi connectivity index (χ0n) is 10.8. The Bertz CT molecular complexity index is 570. The SMILES string of the molecule is Cc1c(O)n(C2CCOC(C)(C)C2)c(=O)[nH]c1=O. The van der Waals surface area contributed by atoms with Crippen molar-refractivity contribution in [1.82, 2.24) is 9.55 Å².